The van der Waals surface area contributed by atoms with E-state index in [0.29, 0.717) is 36.1 Å². The third-order valence-corrected chi connectivity index (χ3v) is 4.61. The van der Waals surface area contributed by atoms with Gasteiger partial charge >= 0.3 is 6.03 Å². The van der Waals surface area contributed by atoms with Crippen LogP contribution in [0.25, 0.3) is 0 Å². The van der Waals surface area contributed by atoms with E-state index in [4.69, 9.17) is 11.6 Å². The fourth-order valence-corrected chi connectivity index (χ4v) is 3.59. The standard InChI is InChI=1S/C19H22ClN3O2/c1-4-8-23-15-11-22(10-12(2)3)18(24)16(15)17(21-19(23)25)13-6-5-7-14(20)9-13/h4-7,9,12,17H,1,8,10-11H2,2-3H3,(H,21,25)/t17-/m1/s1. The average Bonchev–Trinajstić information content (AvgIpc) is 2.86. The molecule has 2 heterocycles. The van der Waals surface area contributed by atoms with E-state index in [9.17, 15) is 9.59 Å². The van der Waals surface area contributed by atoms with Crippen molar-refractivity contribution < 1.29 is 9.59 Å². The third-order valence-electron chi connectivity index (χ3n) is 4.38. The van der Waals surface area contributed by atoms with Crippen LogP contribution < -0.4 is 5.32 Å². The Morgan fingerprint density at radius 3 is 2.80 bits per heavy atom. The maximum absolute atomic E-state index is 13.0. The maximum Gasteiger partial charge on any atom is 0.322 e. The summed E-state index contributed by atoms with van der Waals surface area (Å²) in [5, 5.41) is 3.52. The zero-order valence-electron chi connectivity index (χ0n) is 14.5. The normalized spacial score (nSPS) is 20.2. The van der Waals surface area contributed by atoms with Gasteiger partial charge in [0, 0.05) is 18.1 Å². The largest absolute Gasteiger partial charge is 0.333 e. The second-order valence-corrected chi connectivity index (χ2v) is 7.21. The molecule has 2 aliphatic rings. The van der Waals surface area contributed by atoms with Crippen LogP contribution in [0.15, 0.2) is 48.2 Å². The summed E-state index contributed by atoms with van der Waals surface area (Å²) in [7, 11) is 0. The minimum atomic E-state index is -0.480. The van der Waals surface area contributed by atoms with Gasteiger partial charge in [0.05, 0.1) is 23.9 Å². The Balaban J connectivity index is 2.04. The zero-order valence-corrected chi connectivity index (χ0v) is 15.2. The van der Waals surface area contributed by atoms with E-state index in [-0.39, 0.29) is 11.9 Å². The molecule has 0 unspecified atom stereocenters. The molecule has 0 bridgehead atoms. The molecule has 3 rings (SSSR count). The van der Waals surface area contributed by atoms with Gasteiger partial charge in [0.15, 0.2) is 0 Å². The molecular formula is C19H22ClN3O2. The van der Waals surface area contributed by atoms with E-state index in [1.807, 2.05) is 17.0 Å². The van der Waals surface area contributed by atoms with Crippen molar-refractivity contribution in [1.82, 2.24) is 15.1 Å². The van der Waals surface area contributed by atoms with E-state index < -0.39 is 6.04 Å². The van der Waals surface area contributed by atoms with Crippen molar-refractivity contribution in [3.05, 3.63) is 58.8 Å². The minimum absolute atomic E-state index is 0.0252. The second-order valence-electron chi connectivity index (χ2n) is 6.78. The molecule has 0 aliphatic carbocycles. The maximum atomic E-state index is 13.0. The summed E-state index contributed by atoms with van der Waals surface area (Å²) >= 11 is 6.11. The highest BCUT2D eigenvalue weighted by Gasteiger charge is 2.43. The van der Waals surface area contributed by atoms with Gasteiger partial charge in [-0.15, -0.1) is 6.58 Å². The predicted octanol–water partition coefficient (Wildman–Crippen LogP) is 3.34. The lowest BCUT2D eigenvalue weighted by molar-refractivity contribution is -0.126. The number of carbonyl (C=O) groups excluding carboxylic acids is 2. The first-order valence-corrected chi connectivity index (χ1v) is 8.77. The Bertz CT molecular complexity index is 757. The monoisotopic (exact) mass is 359 g/mol. The Morgan fingerprint density at radius 1 is 1.40 bits per heavy atom. The quantitative estimate of drug-likeness (QED) is 0.820. The molecule has 0 aromatic heterocycles. The molecule has 2 aliphatic heterocycles. The van der Waals surface area contributed by atoms with E-state index in [0.717, 1.165) is 11.3 Å². The number of hydrogen-bond acceptors (Lipinski definition) is 2. The SMILES string of the molecule is C=CCN1C(=O)N[C@H](c2cccc(Cl)c2)C2=C1CN(CC(C)C)C2=O. The fraction of sp³-hybridized carbons (Fsp3) is 0.368. The van der Waals surface area contributed by atoms with Gasteiger partial charge in [0.25, 0.3) is 5.91 Å². The van der Waals surface area contributed by atoms with Gasteiger partial charge in [-0.25, -0.2) is 4.79 Å². The van der Waals surface area contributed by atoms with Crippen LogP contribution in [0.1, 0.15) is 25.5 Å². The van der Waals surface area contributed by atoms with Gasteiger partial charge < -0.3 is 10.2 Å². The molecule has 6 heteroatoms. The molecule has 0 radical (unpaired) electrons. The summed E-state index contributed by atoms with van der Waals surface area (Å²) in [6.45, 7) is 9.34. The lowest BCUT2D eigenvalue weighted by Crippen LogP contribution is -2.47. The first-order chi connectivity index (χ1) is 11.9. The number of benzene rings is 1. The Hall–Kier alpha value is -2.27. The topological polar surface area (TPSA) is 52.7 Å². The van der Waals surface area contributed by atoms with Crippen LogP contribution >= 0.6 is 11.6 Å². The van der Waals surface area contributed by atoms with E-state index in [1.165, 1.54) is 0 Å². The van der Waals surface area contributed by atoms with Gasteiger partial charge in [-0.1, -0.05) is 43.7 Å². The smallest absolute Gasteiger partial charge is 0.322 e. The van der Waals surface area contributed by atoms with Crippen LogP contribution in [-0.2, 0) is 4.79 Å². The Morgan fingerprint density at radius 2 is 2.16 bits per heavy atom. The van der Waals surface area contributed by atoms with Crippen molar-refractivity contribution >= 4 is 23.5 Å². The van der Waals surface area contributed by atoms with Crippen LogP contribution in [0.5, 0.6) is 0 Å². The lowest BCUT2D eigenvalue weighted by Gasteiger charge is -2.33. The number of hydrogen-bond donors (Lipinski definition) is 1. The van der Waals surface area contributed by atoms with Gasteiger partial charge in [-0.2, -0.15) is 0 Å². The predicted molar refractivity (Wildman–Crippen MR) is 98.1 cm³/mol. The average molecular weight is 360 g/mol. The first-order valence-electron chi connectivity index (χ1n) is 8.39. The molecule has 1 aromatic rings. The van der Waals surface area contributed by atoms with Crippen molar-refractivity contribution in [1.29, 1.82) is 0 Å². The van der Waals surface area contributed by atoms with Gasteiger partial charge in [-0.3, -0.25) is 9.69 Å². The minimum Gasteiger partial charge on any atom is -0.333 e. The van der Waals surface area contributed by atoms with Crippen LogP contribution in [0, 0.1) is 5.92 Å². The van der Waals surface area contributed by atoms with E-state index in [2.05, 4.69) is 25.7 Å². The third kappa shape index (κ3) is 3.29. The lowest BCUT2D eigenvalue weighted by atomic mass is 9.95. The molecule has 1 atom stereocenters. The number of halogens is 1. The van der Waals surface area contributed by atoms with E-state index >= 15 is 0 Å². The van der Waals surface area contributed by atoms with E-state index in [1.54, 1.807) is 23.1 Å². The summed E-state index contributed by atoms with van der Waals surface area (Å²) in [5.74, 6) is 0.328. The molecular weight excluding hydrogens is 338 g/mol. The van der Waals surface area contributed by atoms with Crippen LogP contribution in [-0.4, -0.2) is 41.4 Å². The summed E-state index contributed by atoms with van der Waals surface area (Å²) < 4.78 is 0. The number of nitrogens with zero attached hydrogens (tertiary/aromatic N) is 2. The zero-order chi connectivity index (χ0) is 18.1. The summed E-state index contributed by atoms with van der Waals surface area (Å²) in [5.41, 5.74) is 2.20. The van der Waals surface area contributed by atoms with Crippen molar-refractivity contribution in [3.8, 4) is 0 Å². The molecule has 0 saturated heterocycles. The van der Waals surface area contributed by atoms with Gasteiger partial charge in [-0.05, 0) is 23.6 Å². The molecule has 0 fully saturated rings. The molecule has 0 saturated carbocycles. The molecule has 1 N–H and O–H groups in total. The number of carbonyl (C=O) groups is 2. The summed E-state index contributed by atoms with van der Waals surface area (Å²) in [6.07, 6.45) is 1.67. The molecule has 0 spiro atoms. The molecule has 25 heavy (non-hydrogen) atoms. The Kier molecular flexibility index (Phi) is 4.86. The molecule has 3 amide bonds. The molecule has 1 aromatic carbocycles. The highest BCUT2D eigenvalue weighted by atomic mass is 35.5. The van der Waals surface area contributed by atoms with Crippen LogP contribution in [0.3, 0.4) is 0 Å². The highest BCUT2D eigenvalue weighted by molar-refractivity contribution is 6.30. The van der Waals surface area contributed by atoms with Crippen LogP contribution in [0.2, 0.25) is 5.02 Å². The fourth-order valence-electron chi connectivity index (χ4n) is 3.40. The van der Waals surface area contributed by atoms with Crippen molar-refractivity contribution in [2.75, 3.05) is 19.6 Å². The van der Waals surface area contributed by atoms with Gasteiger partial charge in [0.1, 0.15) is 0 Å². The molecule has 132 valence electrons. The van der Waals surface area contributed by atoms with Crippen molar-refractivity contribution in [2.24, 2.45) is 5.92 Å². The number of nitrogens with one attached hydrogen (secondary N) is 1. The highest BCUT2D eigenvalue weighted by Crippen LogP contribution is 2.37. The summed E-state index contributed by atoms with van der Waals surface area (Å²) in [6, 6.07) is 6.57. The van der Waals surface area contributed by atoms with Gasteiger partial charge in [0.2, 0.25) is 0 Å². The van der Waals surface area contributed by atoms with Crippen molar-refractivity contribution in [3.63, 3.8) is 0 Å². The van der Waals surface area contributed by atoms with Crippen LogP contribution in [0.4, 0.5) is 4.79 Å². The second kappa shape index (κ2) is 6.92. The molecule has 5 nitrogen and oxygen atoms in total. The Labute approximate surface area is 152 Å². The number of amides is 3. The summed E-state index contributed by atoms with van der Waals surface area (Å²) in [4.78, 5) is 29.0. The van der Waals surface area contributed by atoms with Crippen molar-refractivity contribution in [2.45, 2.75) is 19.9 Å². The number of rotatable bonds is 5. The first kappa shape index (κ1) is 17.5. The number of urea groups is 1.